The number of rotatable bonds is 5. The Morgan fingerprint density at radius 3 is 3.05 bits per heavy atom. The maximum Gasteiger partial charge on any atom is 0.227 e. The van der Waals surface area contributed by atoms with Crippen molar-refractivity contribution in [3.63, 3.8) is 0 Å². The molecule has 1 aromatic rings. The van der Waals surface area contributed by atoms with Gasteiger partial charge in [-0.2, -0.15) is 0 Å². The van der Waals surface area contributed by atoms with E-state index in [0.717, 1.165) is 19.4 Å². The van der Waals surface area contributed by atoms with E-state index in [2.05, 4.69) is 29.4 Å². The average Bonchev–Trinajstić information content (AvgIpc) is 2.86. The number of carbonyl (C=O) groups is 1. The van der Waals surface area contributed by atoms with Crippen LogP contribution in [0.5, 0.6) is 0 Å². The van der Waals surface area contributed by atoms with Crippen molar-refractivity contribution in [3.05, 3.63) is 42.0 Å². The SMILES string of the molecule is CC1=CC(C(=O)NCCCn2ccnc2)CC(C)=C1. The van der Waals surface area contributed by atoms with E-state index in [4.69, 9.17) is 0 Å². The monoisotopic (exact) mass is 259 g/mol. The minimum absolute atomic E-state index is 0.00162. The number of carbonyl (C=O) groups excluding carboxylic acids is 1. The van der Waals surface area contributed by atoms with Crippen LogP contribution < -0.4 is 5.32 Å². The quantitative estimate of drug-likeness (QED) is 0.825. The summed E-state index contributed by atoms with van der Waals surface area (Å²) in [6.07, 6.45) is 11.5. The molecule has 0 aromatic carbocycles. The lowest BCUT2D eigenvalue weighted by Gasteiger charge is -2.18. The first kappa shape index (κ1) is 13.6. The Hall–Kier alpha value is -1.84. The molecule has 1 aromatic heterocycles. The molecule has 1 unspecified atom stereocenters. The maximum absolute atomic E-state index is 12.0. The van der Waals surface area contributed by atoms with Gasteiger partial charge in [0.05, 0.1) is 12.2 Å². The van der Waals surface area contributed by atoms with Crippen molar-refractivity contribution < 1.29 is 4.79 Å². The first-order chi connectivity index (χ1) is 9.15. The van der Waals surface area contributed by atoms with Gasteiger partial charge in [-0.15, -0.1) is 0 Å². The summed E-state index contributed by atoms with van der Waals surface area (Å²) >= 11 is 0. The number of allylic oxidation sites excluding steroid dienone is 3. The van der Waals surface area contributed by atoms with Crippen molar-refractivity contribution in [1.82, 2.24) is 14.9 Å². The van der Waals surface area contributed by atoms with Crippen LogP contribution in [0.1, 0.15) is 26.7 Å². The third-order valence-electron chi connectivity index (χ3n) is 3.27. The molecule has 1 atom stereocenters. The Kier molecular flexibility index (Phi) is 4.55. The van der Waals surface area contributed by atoms with Crippen LogP contribution in [0.25, 0.3) is 0 Å². The van der Waals surface area contributed by atoms with Crippen LogP contribution >= 0.6 is 0 Å². The first-order valence-corrected chi connectivity index (χ1v) is 6.74. The zero-order valence-corrected chi connectivity index (χ0v) is 11.6. The van der Waals surface area contributed by atoms with Gasteiger partial charge >= 0.3 is 0 Å². The third kappa shape index (κ3) is 4.09. The van der Waals surface area contributed by atoms with E-state index in [0.29, 0.717) is 6.54 Å². The summed E-state index contributed by atoms with van der Waals surface area (Å²) in [5.41, 5.74) is 2.46. The molecule has 0 saturated heterocycles. The van der Waals surface area contributed by atoms with Crippen LogP contribution in [0.3, 0.4) is 0 Å². The van der Waals surface area contributed by atoms with E-state index < -0.39 is 0 Å². The molecule has 102 valence electrons. The molecule has 0 saturated carbocycles. The number of aromatic nitrogens is 2. The van der Waals surface area contributed by atoms with Gasteiger partial charge in [0.15, 0.2) is 0 Å². The molecule has 19 heavy (non-hydrogen) atoms. The highest BCUT2D eigenvalue weighted by Gasteiger charge is 2.18. The van der Waals surface area contributed by atoms with Crippen molar-refractivity contribution in [2.45, 2.75) is 33.2 Å². The largest absolute Gasteiger partial charge is 0.356 e. The zero-order valence-electron chi connectivity index (χ0n) is 11.6. The molecule has 0 spiro atoms. The fourth-order valence-electron chi connectivity index (χ4n) is 2.41. The van der Waals surface area contributed by atoms with E-state index in [9.17, 15) is 4.79 Å². The van der Waals surface area contributed by atoms with Gasteiger partial charge in [0.1, 0.15) is 0 Å². The minimum Gasteiger partial charge on any atom is -0.356 e. The van der Waals surface area contributed by atoms with Crippen LogP contribution in [-0.2, 0) is 11.3 Å². The molecular weight excluding hydrogens is 238 g/mol. The summed E-state index contributed by atoms with van der Waals surface area (Å²) in [7, 11) is 0. The smallest absolute Gasteiger partial charge is 0.227 e. The molecular formula is C15H21N3O. The summed E-state index contributed by atoms with van der Waals surface area (Å²) in [4.78, 5) is 16.0. The van der Waals surface area contributed by atoms with Crippen molar-refractivity contribution in [1.29, 1.82) is 0 Å². The Labute approximate surface area is 114 Å². The highest BCUT2D eigenvalue weighted by molar-refractivity contribution is 5.81. The Bertz CT molecular complexity index is 485. The van der Waals surface area contributed by atoms with Gasteiger partial charge in [0.2, 0.25) is 5.91 Å². The predicted octanol–water partition coefficient (Wildman–Crippen LogP) is 2.30. The normalized spacial score (nSPS) is 18.7. The van der Waals surface area contributed by atoms with Crippen molar-refractivity contribution in [2.24, 2.45) is 5.92 Å². The number of hydrogen-bond acceptors (Lipinski definition) is 2. The van der Waals surface area contributed by atoms with Gasteiger partial charge in [-0.05, 0) is 26.7 Å². The lowest BCUT2D eigenvalue weighted by atomic mass is 9.91. The number of nitrogens with one attached hydrogen (secondary N) is 1. The number of hydrogen-bond donors (Lipinski definition) is 1. The van der Waals surface area contributed by atoms with Crippen LogP contribution in [0, 0.1) is 5.92 Å². The molecule has 4 heteroatoms. The Morgan fingerprint density at radius 1 is 1.53 bits per heavy atom. The van der Waals surface area contributed by atoms with E-state index in [1.165, 1.54) is 11.1 Å². The summed E-state index contributed by atoms with van der Waals surface area (Å²) in [5.74, 6) is 0.135. The van der Waals surface area contributed by atoms with Gasteiger partial charge in [0.25, 0.3) is 0 Å². The Balaban J connectivity index is 1.71. The fourth-order valence-corrected chi connectivity index (χ4v) is 2.41. The van der Waals surface area contributed by atoms with E-state index >= 15 is 0 Å². The van der Waals surface area contributed by atoms with E-state index in [1.54, 1.807) is 12.5 Å². The molecule has 1 amide bonds. The third-order valence-corrected chi connectivity index (χ3v) is 3.27. The number of amides is 1. The molecule has 0 aliphatic heterocycles. The van der Waals surface area contributed by atoms with Gasteiger partial charge in [-0.3, -0.25) is 4.79 Å². The summed E-state index contributed by atoms with van der Waals surface area (Å²) in [5, 5.41) is 3.01. The molecule has 1 aliphatic carbocycles. The molecule has 2 rings (SSSR count). The second-order valence-corrected chi connectivity index (χ2v) is 5.16. The highest BCUT2D eigenvalue weighted by atomic mass is 16.1. The summed E-state index contributed by atoms with van der Waals surface area (Å²) in [6, 6.07) is 0. The lowest BCUT2D eigenvalue weighted by molar-refractivity contribution is -0.123. The van der Waals surface area contributed by atoms with Crippen molar-refractivity contribution in [3.8, 4) is 0 Å². The number of nitrogens with zero attached hydrogens (tertiary/aromatic N) is 2. The maximum atomic E-state index is 12.0. The summed E-state index contributed by atoms with van der Waals surface area (Å²) < 4.78 is 2.02. The molecule has 1 heterocycles. The van der Waals surface area contributed by atoms with Gasteiger partial charge in [0, 0.05) is 25.5 Å². The second kappa shape index (κ2) is 6.36. The van der Waals surface area contributed by atoms with E-state index in [1.807, 2.05) is 17.7 Å². The van der Waals surface area contributed by atoms with Crippen LogP contribution in [0.4, 0.5) is 0 Å². The lowest BCUT2D eigenvalue weighted by Crippen LogP contribution is -2.31. The van der Waals surface area contributed by atoms with E-state index in [-0.39, 0.29) is 11.8 Å². The molecule has 4 nitrogen and oxygen atoms in total. The predicted molar refractivity (Wildman–Crippen MR) is 75.5 cm³/mol. The molecule has 0 radical (unpaired) electrons. The second-order valence-electron chi connectivity index (χ2n) is 5.16. The van der Waals surface area contributed by atoms with Crippen LogP contribution in [0.15, 0.2) is 42.0 Å². The summed E-state index contributed by atoms with van der Waals surface area (Å²) in [6.45, 7) is 5.72. The van der Waals surface area contributed by atoms with Crippen LogP contribution in [0.2, 0.25) is 0 Å². The Morgan fingerprint density at radius 2 is 2.37 bits per heavy atom. The average molecular weight is 259 g/mol. The first-order valence-electron chi connectivity index (χ1n) is 6.74. The zero-order chi connectivity index (χ0) is 13.7. The molecule has 1 aliphatic rings. The number of aryl methyl sites for hydroxylation is 1. The van der Waals surface area contributed by atoms with Crippen LogP contribution in [-0.4, -0.2) is 22.0 Å². The highest BCUT2D eigenvalue weighted by Crippen LogP contribution is 2.22. The fraction of sp³-hybridized carbons (Fsp3) is 0.467. The molecule has 0 bridgehead atoms. The standard InChI is InChI=1S/C15H21N3O/c1-12-8-13(2)10-14(9-12)15(19)17-4-3-6-18-7-5-16-11-18/h5,7-9,11,14H,3-4,6,10H2,1-2H3,(H,17,19). The van der Waals surface area contributed by atoms with Crippen molar-refractivity contribution >= 4 is 5.91 Å². The van der Waals surface area contributed by atoms with Gasteiger partial charge in [-0.1, -0.05) is 23.3 Å². The molecule has 1 N–H and O–H groups in total. The van der Waals surface area contributed by atoms with Gasteiger partial charge in [-0.25, -0.2) is 4.98 Å². The minimum atomic E-state index is -0.00162. The number of imidazole rings is 1. The topological polar surface area (TPSA) is 46.9 Å². The van der Waals surface area contributed by atoms with Gasteiger partial charge < -0.3 is 9.88 Å². The molecule has 0 fully saturated rings. The van der Waals surface area contributed by atoms with Crippen molar-refractivity contribution in [2.75, 3.05) is 6.54 Å².